The van der Waals surface area contributed by atoms with E-state index in [0.717, 1.165) is 19.4 Å². The lowest BCUT2D eigenvalue weighted by molar-refractivity contribution is 0.0858. The Labute approximate surface area is 165 Å². The fourth-order valence-corrected chi connectivity index (χ4v) is 3.10. The summed E-state index contributed by atoms with van der Waals surface area (Å²) in [6.07, 6.45) is 1.98. The van der Waals surface area contributed by atoms with Gasteiger partial charge in [0.25, 0.3) is 11.8 Å². The lowest BCUT2D eigenvalue weighted by Crippen LogP contribution is -2.32. The molecule has 0 bridgehead atoms. The summed E-state index contributed by atoms with van der Waals surface area (Å²) in [5, 5.41) is 5.73. The number of amides is 2. The monoisotopic (exact) mass is 382 g/mol. The minimum atomic E-state index is -0.323. The van der Waals surface area contributed by atoms with Crippen LogP contribution < -0.4 is 15.4 Å². The zero-order valence-electron chi connectivity index (χ0n) is 16.2. The second kappa shape index (κ2) is 9.37. The zero-order chi connectivity index (χ0) is 19.9. The first-order valence-electron chi connectivity index (χ1n) is 9.60. The molecular formula is C22H26N2O4. The predicted molar refractivity (Wildman–Crippen MR) is 108 cm³/mol. The number of carbonyl (C=O) groups excluding carboxylic acids is 2. The largest absolute Gasteiger partial charge is 0.490 e. The van der Waals surface area contributed by atoms with Crippen LogP contribution >= 0.6 is 0 Å². The number of carbonyl (C=O) groups is 2. The van der Waals surface area contributed by atoms with E-state index < -0.39 is 0 Å². The summed E-state index contributed by atoms with van der Waals surface area (Å²) in [5.74, 6) is -0.0518. The molecule has 2 N–H and O–H groups in total. The fraction of sp³-hybridized carbons (Fsp3) is 0.364. The van der Waals surface area contributed by atoms with Gasteiger partial charge in [0.2, 0.25) is 0 Å². The molecule has 0 aliphatic carbocycles. The van der Waals surface area contributed by atoms with Crippen LogP contribution in [0, 0.1) is 0 Å². The van der Waals surface area contributed by atoms with Crippen molar-refractivity contribution in [1.82, 2.24) is 5.32 Å². The van der Waals surface area contributed by atoms with Gasteiger partial charge in [-0.05, 0) is 51.0 Å². The summed E-state index contributed by atoms with van der Waals surface area (Å²) < 4.78 is 11.3. The number of anilines is 1. The maximum absolute atomic E-state index is 12.8. The maximum atomic E-state index is 12.8. The molecule has 1 heterocycles. The molecule has 148 valence electrons. The van der Waals surface area contributed by atoms with E-state index in [9.17, 15) is 9.59 Å². The van der Waals surface area contributed by atoms with Gasteiger partial charge in [-0.2, -0.15) is 0 Å². The summed E-state index contributed by atoms with van der Waals surface area (Å²) >= 11 is 0. The lowest BCUT2D eigenvalue weighted by Gasteiger charge is -2.16. The normalized spacial score (nSPS) is 16.0. The molecule has 3 rings (SSSR count). The van der Waals surface area contributed by atoms with Crippen molar-refractivity contribution in [3.05, 3.63) is 59.7 Å². The highest BCUT2D eigenvalue weighted by Gasteiger charge is 2.19. The van der Waals surface area contributed by atoms with Gasteiger partial charge in [-0.1, -0.05) is 24.3 Å². The molecule has 1 atom stereocenters. The zero-order valence-corrected chi connectivity index (χ0v) is 16.2. The Balaban J connectivity index is 1.72. The number of ether oxygens (including phenoxy) is 2. The van der Waals surface area contributed by atoms with Gasteiger partial charge < -0.3 is 20.1 Å². The molecule has 6 heteroatoms. The van der Waals surface area contributed by atoms with Crippen LogP contribution in [0.15, 0.2) is 48.5 Å². The third-order valence-electron chi connectivity index (χ3n) is 4.43. The highest BCUT2D eigenvalue weighted by Crippen LogP contribution is 2.22. The van der Waals surface area contributed by atoms with Crippen molar-refractivity contribution in [3.8, 4) is 5.75 Å². The van der Waals surface area contributed by atoms with Crippen molar-refractivity contribution < 1.29 is 19.1 Å². The van der Waals surface area contributed by atoms with E-state index in [1.807, 2.05) is 19.9 Å². The number of nitrogens with one attached hydrogen (secondary N) is 2. The van der Waals surface area contributed by atoms with E-state index in [2.05, 4.69) is 10.6 Å². The summed E-state index contributed by atoms with van der Waals surface area (Å²) in [7, 11) is 0. The Bertz CT molecular complexity index is 829. The molecule has 2 aromatic carbocycles. The second-order valence-corrected chi connectivity index (χ2v) is 7.01. The van der Waals surface area contributed by atoms with Crippen molar-refractivity contribution in [3.63, 3.8) is 0 Å². The first-order valence-corrected chi connectivity index (χ1v) is 9.60. The maximum Gasteiger partial charge on any atom is 0.259 e. The molecule has 1 aliphatic heterocycles. The summed E-state index contributed by atoms with van der Waals surface area (Å²) in [5.41, 5.74) is 1.29. The predicted octanol–water partition coefficient (Wildman–Crippen LogP) is 3.63. The van der Waals surface area contributed by atoms with Gasteiger partial charge >= 0.3 is 0 Å². The standard InChI is InChI=1S/C22H26N2O4/c1-15(2)28-20-12-6-4-10-18(20)22(26)24-19-11-5-3-9-17(19)21(25)23-14-16-8-7-13-27-16/h3-6,9-12,15-16H,7-8,13-14H2,1-2H3,(H,23,25)(H,24,26)/t16-/m1/s1. The molecule has 2 amide bonds. The summed E-state index contributed by atoms with van der Waals surface area (Å²) in [6, 6.07) is 14.0. The van der Waals surface area contributed by atoms with Crippen LogP contribution in [-0.4, -0.2) is 37.2 Å². The summed E-state index contributed by atoms with van der Waals surface area (Å²) in [6.45, 7) is 5.02. The van der Waals surface area contributed by atoms with Gasteiger partial charge in [-0.3, -0.25) is 9.59 Å². The van der Waals surface area contributed by atoms with E-state index in [-0.39, 0.29) is 24.0 Å². The van der Waals surface area contributed by atoms with Crippen LogP contribution in [0.2, 0.25) is 0 Å². The highest BCUT2D eigenvalue weighted by molar-refractivity contribution is 6.10. The van der Waals surface area contributed by atoms with Gasteiger partial charge in [0, 0.05) is 13.2 Å². The molecule has 0 unspecified atom stereocenters. The van der Waals surface area contributed by atoms with Crippen molar-refractivity contribution in [2.24, 2.45) is 0 Å². The second-order valence-electron chi connectivity index (χ2n) is 7.01. The molecule has 2 aromatic rings. The molecule has 0 radical (unpaired) electrons. The molecule has 1 saturated heterocycles. The molecule has 0 aromatic heterocycles. The van der Waals surface area contributed by atoms with Gasteiger partial charge in [-0.15, -0.1) is 0 Å². The number of hydrogen-bond acceptors (Lipinski definition) is 4. The SMILES string of the molecule is CC(C)Oc1ccccc1C(=O)Nc1ccccc1C(=O)NC[C@H]1CCCO1. The Hall–Kier alpha value is -2.86. The Morgan fingerprint density at radius 3 is 2.50 bits per heavy atom. The number of rotatable bonds is 7. The number of benzene rings is 2. The van der Waals surface area contributed by atoms with Crippen LogP contribution in [0.4, 0.5) is 5.69 Å². The van der Waals surface area contributed by atoms with Crippen LogP contribution in [0.3, 0.4) is 0 Å². The van der Waals surface area contributed by atoms with E-state index >= 15 is 0 Å². The Morgan fingerprint density at radius 2 is 1.79 bits per heavy atom. The van der Waals surface area contributed by atoms with Crippen molar-refractivity contribution >= 4 is 17.5 Å². The average molecular weight is 382 g/mol. The number of para-hydroxylation sites is 2. The highest BCUT2D eigenvalue weighted by atomic mass is 16.5. The van der Waals surface area contributed by atoms with Gasteiger partial charge in [0.1, 0.15) is 5.75 Å². The number of hydrogen-bond donors (Lipinski definition) is 2. The van der Waals surface area contributed by atoms with E-state index in [4.69, 9.17) is 9.47 Å². The van der Waals surface area contributed by atoms with Gasteiger partial charge in [-0.25, -0.2) is 0 Å². The third kappa shape index (κ3) is 5.10. The van der Waals surface area contributed by atoms with E-state index in [0.29, 0.717) is 29.1 Å². The van der Waals surface area contributed by atoms with Crippen LogP contribution in [0.25, 0.3) is 0 Å². The molecule has 0 saturated carbocycles. The van der Waals surface area contributed by atoms with Crippen molar-refractivity contribution in [2.45, 2.75) is 38.9 Å². The average Bonchev–Trinajstić information content (AvgIpc) is 3.20. The third-order valence-corrected chi connectivity index (χ3v) is 4.43. The minimum absolute atomic E-state index is 0.0511. The minimum Gasteiger partial charge on any atom is -0.490 e. The van der Waals surface area contributed by atoms with Gasteiger partial charge in [0.15, 0.2) is 0 Å². The van der Waals surface area contributed by atoms with E-state index in [1.165, 1.54) is 0 Å². The molecule has 6 nitrogen and oxygen atoms in total. The van der Waals surface area contributed by atoms with Crippen LogP contribution in [0.1, 0.15) is 47.4 Å². The van der Waals surface area contributed by atoms with E-state index in [1.54, 1.807) is 42.5 Å². The van der Waals surface area contributed by atoms with Crippen molar-refractivity contribution in [1.29, 1.82) is 0 Å². The van der Waals surface area contributed by atoms with Crippen molar-refractivity contribution in [2.75, 3.05) is 18.5 Å². The fourth-order valence-electron chi connectivity index (χ4n) is 3.10. The molecule has 0 spiro atoms. The quantitative estimate of drug-likeness (QED) is 0.767. The Morgan fingerprint density at radius 1 is 1.07 bits per heavy atom. The topological polar surface area (TPSA) is 76.7 Å². The first kappa shape index (κ1) is 19.9. The smallest absolute Gasteiger partial charge is 0.259 e. The molecular weight excluding hydrogens is 356 g/mol. The first-order chi connectivity index (χ1) is 13.5. The molecule has 1 fully saturated rings. The van der Waals surface area contributed by atoms with Crippen LogP contribution in [-0.2, 0) is 4.74 Å². The van der Waals surface area contributed by atoms with Gasteiger partial charge in [0.05, 0.1) is 29.0 Å². The molecule has 28 heavy (non-hydrogen) atoms. The van der Waals surface area contributed by atoms with Crippen LogP contribution in [0.5, 0.6) is 5.75 Å². The molecule has 1 aliphatic rings. The summed E-state index contributed by atoms with van der Waals surface area (Å²) in [4.78, 5) is 25.4. The lowest BCUT2D eigenvalue weighted by atomic mass is 10.1. The Kier molecular flexibility index (Phi) is 6.66.